The Kier molecular flexibility index (Phi) is 4.34. The van der Waals surface area contributed by atoms with E-state index in [2.05, 4.69) is 73.7 Å². The van der Waals surface area contributed by atoms with Gasteiger partial charge in [0.1, 0.15) is 0 Å². The Morgan fingerprint density at radius 3 is 2.50 bits per heavy atom. The summed E-state index contributed by atoms with van der Waals surface area (Å²) in [6.45, 7) is 4.16. The van der Waals surface area contributed by atoms with Crippen molar-refractivity contribution in [2.45, 2.75) is 13.0 Å². The van der Waals surface area contributed by atoms with Crippen molar-refractivity contribution in [2.24, 2.45) is 0 Å². The molecule has 0 amide bonds. The van der Waals surface area contributed by atoms with Crippen LogP contribution in [0.15, 0.2) is 42.5 Å². The van der Waals surface area contributed by atoms with Gasteiger partial charge in [-0.05, 0) is 37.0 Å². The third kappa shape index (κ3) is 2.89. The Morgan fingerprint density at radius 2 is 1.78 bits per heavy atom. The molecule has 2 aromatic carbocycles. The van der Waals surface area contributed by atoms with Crippen LogP contribution in [0.3, 0.4) is 0 Å². The van der Waals surface area contributed by atoms with Crippen LogP contribution in [0.1, 0.15) is 18.5 Å². The fourth-order valence-electron chi connectivity index (χ4n) is 2.44. The normalized spacial score (nSPS) is 13.1. The number of hydrogen-bond acceptors (Lipinski definition) is 2. The standard InChI is InChI=1S/C16H22N2/c1-4-17-16(12-18(2)3)15-11-7-9-13-8-5-6-10-14(13)15/h5-11,16-17H,4,12H2,1-3H3. The van der Waals surface area contributed by atoms with E-state index < -0.39 is 0 Å². The van der Waals surface area contributed by atoms with Crippen LogP contribution in [0.25, 0.3) is 10.8 Å². The first kappa shape index (κ1) is 13.1. The molecule has 0 radical (unpaired) electrons. The number of likely N-dealkylation sites (N-methyl/N-ethyl adjacent to an activating group) is 2. The lowest BCUT2D eigenvalue weighted by Crippen LogP contribution is -2.31. The summed E-state index contributed by atoms with van der Waals surface area (Å²) >= 11 is 0. The number of rotatable bonds is 5. The quantitative estimate of drug-likeness (QED) is 0.867. The van der Waals surface area contributed by atoms with Crippen LogP contribution in [-0.2, 0) is 0 Å². The van der Waals surface area contributed by atoms with Crippen molar-refractivity contribution in [1.29, 1.82) is 0 Å². The first-order valence-electron chi connectivity index (χ1n) is 6.58. The zero-order chi connectivity index (χ0) is 13.0. The van der Waals surface area contributed by atoms with E-state index in [0.717, 1.165) is 13.1 Å². The van der Waals surface area contributed by atoms with Gasteiger partial charge in [0.05, 0.1) is 0 Å². The molecule has 0 saturated heterocycles. The van der Waals surface area contributed by atoms with Crippen molar-refractivity contribution in [2.75, 3.05) is 27.2 Å². The minimum absolute atomic E-state index is 0.385. The second-order valence-corrected chi connectivity index (χ2v) is 4.94. The molecule has 0 saturated carbocycles. The minimum atomic E-state index is 0.385. The van der Waals surface area contributed by atoms with Gasteiger partial charge in [0.25, 0.3) is 0 Å². The van der Waals surface area contributed by atoms with Crippen LogP contribution in [-0.4, -0.2) is 32.1 Å². The van der Waals surface area contributed by atoms with Crippen LogP contribution in [0.4, 0.5) is 0 Å². The van der Waals surface area contributed by atoms with Crippen LogP contribution < -0.4 is 5.32 Å². The van der Waals surface area contributed by atoms with Crippen LogP contribution in [0.2, 0.25) is 0 Å². The summed E-state index contributed by atoms with van der Waals surface area (Å²) in [6, 6.07) is 15.6. The van der Waals surface area contributed by atoms with E-state index in [9.17, 15) is 0 Å². The van der Waals surface area contributed by atoms with Crippen LogP contribution in [0, 0.1) is 0 Å². The van der Waals surface area contributed by atoms with Crippen molar-refractivity contribution in [3.05, 3.63) is 48.0 Å². The fraction of sp³-hybridized carbons (Fsp3) is 0.375. The summed E-state index contributed by atoms with van der Waals surface area (Å²) in [6.07, 6.45) is 0. The second kappa shape index (κ2) is 5.98. The zero-order valence-corrected chi connectivity index (χ0v) is 11.5. The van der Waals surface area contributed by atoms with Gasteiger partial charge in [0.15, 0.2) is 0 Å². The van der Waals surface area contributed by atoms with E-state index in [1.54, 1.807) is 0 Å². The van der Waals surface area contributed by atoms with Gasteiger partial charge in [0.2, 0.25) is 0 Å². The lowest BCUT2D eigenvalue weighted by Gasteiger charge is -2.23. The summed E-state index contributed by atoms with van der Waals surface area (Å²) in [5.41, 5.74) is 1.39. The van der Waals surface area contributed by atoms with Gasteiger partial charge in [-0.1, -0.05) is 49.4 Å². The van der Waals surface area contributed by atoms with Crippen LogP contribution >= 0.6 is 0 Å². The van der Waals surface area contributed by atoms with Crippen molar-refractivity contribution in [1.82, 2.24) is 10.2 Å². The third-order valence-electron chi connectivity index (χ3n) is 3.20. The average molecular weight is 242 g/mol. The predicted octanol–water partition coefficient (Wildman–Crippen LogP) is 3.05. The molecule has 2 rings (SSSR count). The smallest absolute Gasteiger partial charge is 0.0455 e. The SMILES string of the molecule is CCNC(CN(C)C)c1cccc2ccccc12. The van der Waals surface area contributed by atoms with E-state index in [0.29, 0.717) is 6.04 Å². The first-order chi connectivity index (χ1) is 8.72. The molecule has 0 aromatic heterocycles. The molecule has 96 valence electrons. The minimum Gasteiger partial charge on any atom is -0.309 e. The maximum Gasteiger partial charge on any atom is 0.0455 e. The number of hydrogen-bond donors (Lipinski definition) is 1. The number of nitrogens with one attached hydrogen (secondary N) is 1. The molecule has 0 spiro atoms. The lowest BCUT2D eigenvalue weighted by atomic mass is 9.98. The van der Waals surface area contributed by atoms with Crippen molar-refractivity contribution < 1.29 is 0 Å². The number of fused-ring (bicyclic) bond motifs is 1. The molecule has 2 aromatic rings. The highest BCUT2D eigenvalue weighted by atomic mass is 15.1. The van der Waals surface area contributed by atoms with Crippen molar-refractivity contribution in [3.8, 4) is 0 Å². The molecular formula is C16H22N2. The Bertz CT molecular complexity index is 500. The van der Waals surface area contributed by atoms with Gasteiger partial charge in [-0.15, -0.1) is 0 Å². The third-order valence-corrected chi connectivity index (χ3v) is 3.20. The van der Waals surface area contributed by atoms with E-state index in [-0.39, 0.29) is 0 Å². The molecule has 1 atom stereocenters. The Morgan fingerprint density at radius 1 is 1.06 bits per heavy atom. The summed E-state index contributed by atoms with van der Waals surface area (Å²) < 4.78 is 0. The predicted molar refractivity (Wildman–Crippen MR) is 78.9 cm³/mol. The molecule has 0 aliphatic heterocycles. The van der Waals surface area contributed by atoms with Gasteiger partial charge >= 0.3 is 0 Å². The summed E-state index contributed by atoms with van der Waals surface area (Å²) in [5, 5.41) is 6.25. The maximum atomic E-state index is 3.58. The highest BCUT2D eigenvalue weighted by Crippen LogP contribution is 2.24. The molecule has 2 nitrogen and oxygen atoms in total. The van der Waals surface area contributed by atoms with E-state index in [1.807, 2.05) is 0 Å². The van der Waals surface area contributed by atoms with Crippen LogP contribution in [0.5, 0.6) is 0 Å². The molecule has 0 fully saturated rings. The van der Waals surface area contributed by atoms with Gasteiger partial charge in [0, 0.05) is 12.6 Å². The monoisotopic (exact) mass is 242 g/mol. The van der Waals surface area contributed by atoms with Gasteiger partial charge < -0.3 is 10.2 Å². The molecule has 2 heteroatoms. The summed E-state index contributed by atoms with van der Waals surface area (Å²) in [5.74, 6) is 0. The highest BCUT2D eigenvalue weighted by Gasteiger charge is 2.13. The zero-order valence-electron chi connectivity index (χ0n) is 11.5. The molecule has 1 N–H and O–H groups in total. The largest absolute Gasteiger partial charge is 0.309 e. The molecule has 0 aliphatic rings. The van der Waals surface area contributed by atoms with Crippen molar-refractivity contribution >= 4 is 10.8 Å². The van der Waals surface area contributed by atoms with Gasteiger partial charge in [-0.3, -0.25) is 0 Å². The van der Waals surface area contributed by atoms with Gasteiger partial charge in [-0.25, -0.2) is 0 Å². The van der Waals surface area contributed by atoms with Gasteiger partial charge in [-0.2, -0.15) is 0 Å². The number of nitrogens with zero attached hydrogens (tertiary/aromatic N) is 1. The Balaban J connectivity index is 2.43. The van der Waals surface area contributed by atoms with E-state index >= 15 is 0 Å². The molecule has 18 heavy (non-hydrogen) atoms. The second-order valence-electron chi connectivity index (χ2n) is 4.94. The summed E-state index contributed by atoms with van der Waals surface area (Å²) in [4.78, 5) is 2.23. The molecule has 0 aliphatic carbocycles. The Hall–Kier alpha value is -1.38. The lowest BCUT2D eigenvalue weighted by molar-refractivity contribution is 0.346. The molecule has 0 heterocycles. The maximum absolute atomic E-state index is 3.58. The molecule has 0 bridgehead atoms. The Labute approximate surface area is 110 Å². The van der Waals surface area contributed by atoms with E-state index in [4.69, 9.17) is 0 Å². The van der Waals surface area contributed by atoms with E-state index in [1.165, 1.54) is 16.3 Å². The van der Waals surface area contributed by atoms with Crippen molar-refractivity contribution in [3.63, 3.8) is 0 Å². The average Bonchev–Trinajstić information content (AvgIpc) is 2.37. The molecule has 1 unspecified atom stereocenters. The highest BCUT2D eigenvalue weighted by molar-refractivity contribution is 5.86. The number of benzene rings is 2. The summed E-state index contributed by atoms with van der Waals surface area (Å²) in [7, 11) is 4.24. The fourth-order valence-corrected chi connectivity index (χ4v) is 2.44. The first-order valence-corrected chi connectivity index (χ1v) is 6.58. The topological polar surface area (TPSA) is 15.3 Å². The molecular weight excluding hydrogens is 220 g/mol.